The van der Waals surface area contributed by atoms with Crippen molar-refractivity contribution >= 4 is 16.8 Å². The average Bonchev–Trinajstić information content (AvgIpc) is 2.71. The summed E-state index contributed by atoms with van der Waals surface area (Å²) in [6, 6.07) is 12.6. The monoisotopic (exact) mass is 386 g/mol. The standard InChI is InChI=1S/C24H26N4O/c1-27(14-17-7-6-12-25-13-17)18-15-28(16-18)24(29)23-19-8-2-4-10-21(19)26-22-11-5-3-9-20(22)23/h2,4,6-8,10,12-13,18H,3,5,9,11,14-16H2,1H3. The lowest BCUT2D eigenvalue weighted by Gasteiger charge is -2.44. The Morgan fingerprint density at radius 3 is 2.79 bits per heavy atom. The molecule has 0 saturated carbocycles. The van der Waals surface area contributed by atoms with Crippen molar-refractivity contribution in [1.82, 2.24) is 19.8 Å². The van der Waals surface area contributed by atoms with Crippen LogP contribution in [0.1, 0.15) is 40.0 Å². The van der Waals surface area contributed by atoms with Crippen LogP contribution in [-0.4, -0.2) is 51.9 Å². The molecule has 0 radical (unpaired) electrons. The van der Waals surface area contributed by atoms with Gasteiger partial charge in [0.2, 0.25) is 0 Å². The fraction of sp³-hybridized carbons (Fsp3) is 0.375. The summed E-state index contributed by atoms with van der Waals surface area (Å²) in [6.45, 7) is 2.41. The van der Waals surface area contributed by atoms with Crippen molar-refractivity contribution < 1.29 is 4.79 Å². The number of likely N-dealkylation sites (tertiary alicyclic amines) is 1. The molecular weight excluding hydrogens is 360 g/mol. The molecule has 0 bridgehead atoms. The van der Waals surface area contributed by atoms with E-state index in [1.807, 2.05) is 35.4 Å². The van der Waals surface area contributed by atoms with Crippen LogP contribution in [0.4, 0.5) is 0 Å². The van der Waals surface area contributed by atoms with Crippen LogP contribution < -0.4 is 0 Å². The Kier molecular flexibility index (Phi) is 4.76. The van der Waals surface area contributed by atoms with Crippen LogP contribution >= 0.6 is 0 Å². The Labute approximate surface area is 171 Å². The predicted octanol–water partition coefficient (Wildman–Crippen LogP) is 3.47. The van der Waals surface area contributed by atoms with Gasteiger partial charge in [0.05, 0.1) is 11.1 Å². The molecule has 5 heteroatoms. The first-order chi connectivity index (χ1) is 14.2. The zero-order valence-electron chi connectivity index (χ0n) is 16.8. The number of aromatic nitrogens is 2. The van der Waals surface area contributed by atoms with Gasteiger partial charge in [-0.25, -0.2) is 0 Å². The number of benzene rings is 1. The van der Waals surface area contributed by atoms with Crippen LogP contribution in [0.25, 0.3) is 10.9 Å². The van der Waals surface area contributed by atoms with Gasteiger partial charge >= 0.3 is 0 Å². The molecule has 1 fully saturated rings. The Morgan fingerprint density at radius 2 is 1.97 bits per heavy atom. The molecule has 1 saturated heterocycles. The highest BCUT2D eigenvalue weighted by atomic mass is 16.2. The molecule has 0 N–H and O–H groups in total. The quantitative estimate of drug-likeness (QED) is 0.689. The summed E-state index contributed by atoms with van der Waals surface area (Å²) in [5.74, 6) is 0.174. The predicted molar refractivity (Wildman–Crippen MR) is 114 cm³/mol. The van der Waals surface area contributed by atoms with E-state index in [1.54, 1.807) is 6.20 Å². The summed E-state index contributed by atoms with van der Waals surface area (Å²) >= 11 is 0. The minimum atomic E-state index is 0.174. The highest BCUT2D eigenvalue weighted by Crippen LogP contribution is 2.31. The van der Waals surface area contributed by atoms with Gasteiger partial charge in [-0.05, 0) is 56.0 Å². The molecule has 2 aromatic heterocycles. The maximum Gasteiger partial charge on any atom is 0.255 e. The molecule has 0 atom stereocenters. The van der Waals surface area contributed by atoms with Crippen LogP contribution in [0.2, 0.25) is 0 Å². The number of likely N-dealkylation sites (N-methyl/N-ethyl adjacent to an activating group) is 1. The molecule has 1 aromatic carbocycles. The lowest BCUT2D eigenvalue weighted by molar-refractivity contribution is 0.0321. The van der Waals surface area contributed by atoms with Gasteiger partial charge in [-0.15, -0.1) is 0 Å². The van der Waals surface area contributed by atoms with Crippen molar-refractivity contribution in [3.8, 4) is 0 Å². The van der Waals surface area contributed by atoms with Crippen molar-refractivity contribution in [3.05, 3.63) is 71.2 Å². The molecule has 0 unspecified atom stereocenters. The minimum absolute atomic E-state index is 0.174. The van der Waals surface area contributed by atoms with Gasteiger partial charge in [-0.2, -0.15) is 0 Å². The first kappa shape index (κ1) is 18.3. The normalized spacial score (nSPS) is 16.7. The number of para-hydroxylation sites is 1. The van der Waals surface area contributed by atoms with Gasteiger partial charge in [0, 0.05) is 49.1 Å². The first-order valence-corrected chi connectivity index (χ1v) is 10.5. The smallest absolute Gasteiger partial charge is 0.255 e. The zero-order valence-corrected chi connectivity index (χ0v) is 16.8. The lowest BCUT2D eigenvalue weighted by atomic mass is 9.88. The van der Waals surface area contributed by atoms with Crippen LogP contribution in [0, 0.1) is 0 Å². The number of hydrogen-bond acceptors (Lipinski definition) is 4. The second kappa shape index (κ2) is 7.56. The molecule has 29 heavy (non-hydrogen) atoms. The number of hydrogen-bond donors (Lipinski definition) is 0. The third-order valence-electron chi connectivity index (χ3n) is 6.31. The lowest BCUT2D eigenvalue weighted by Crippen LogP contribution is -2.60. The van der Waals surface area contributed by atoms with Gasteiger partial charge in [0.15, 0.2) is 0 Å². The molecule has 148 valence electrons. The average molecular weight is 386 g/mol. The van der Waals surface area contributed by atoms with E-state index in [1.165, 1.54) is 11.1 Å². The first-order valence-electron chi connectivity index (χ1n) is 10.5. The molecule has 5 rings (SSSR count). The Hall–Kier alpha value is -2.79. The number of aryl methyl sites for hydroxylation is 1. The molecule has 3 heterocycles. The maximum absolute atomic E-state index is 13.5. The number of carbonyl (C=O) groups excluding carboxylic acids is 1. The second-order valence-corrected chi connectivity index (χ2v) is 8.28. The number of rotatable bonds is 4. The second-order valence-electron chi connectivity index (χ2n) is 8.28. The minimum Gasteiger partial charge on any atom is -0.335 e. The summed E-state index contributed by atoms with van der Waals surface area (Å²) in [6.07, 6.45) is 7.96. The summed E-state index contributed by atoms with van der Waals surface area (Å²) in [4.78, 5) is 26.9. The highest BCUT2D eigenvalue weighted by Gasteiger charge is 2.36. The van der Waals surface area contributed by atoms with E-state index in [0.717, 1.165) is 67.5 Å². The molecule has 3 aromatic rings. The number of amides is 1. The zero-order chi connectivity index (χ0) is 19.8. The number of pyridine rings is 2. The van der Waals surface area contributed by atoms with E-state index in [4.69, 9.17) is 4.98 Å². The van der Waals surface area contributed by atoms with E-state index >= 15 is 0 Å². The van der Waals surface area contributed by atoms with Gasteiger partial charge < -0.3 is 4.90 Å². The van der Waals surface area contributed by atoms with E-state index in [-0.39, 0.29) is 5.91 Å². The maximum atomic E-state index is 13.5. The van der Waals surface area contributed by atoms with Gasteiger partial charge in [-0.3, -0.25) is 19.7 Å². The summed E-state index contributed by atoms with van der Waals surface area (Å²) in [5, 5.41) is 1.00. The SMILES string of the molecule is CN(Cc1cccnc1)C1CN(C(=O)c2c3c(nc4ccccc24)CCCC3)C1. The van der Waals surface area contributed by atoms with Gasteiger partial charge in [0.1, 0.15) is 0 Å². The van der Waals surface area contributed by atoms with E-state index < -0.39 is 0 Å². The van der Waals surface area contributed by atoms with Crippen LogP contribution in [0.5, 0.6) is 0 Å². The van der Waals surface area contributed by atoms with Crippen molar-refractivity contribution in [2.75, 3.05) is 20.1 Å². The van der Waals surface area contributed by atoms with E-state index in [0.29, 0.717) is 6.04 Å². The van der Waals surface area contributed by atoms with Gasteiger partial charge in [-0.1, -0.05) is 24.3 Å². The molecule has 2 aliphatic rings. The topological polar surface area (TPSA) is 49.3 Å². The summed E-state index contributed by atoms with van der Waals surface area (Å²) in [5.41, 5.74) is 5.37. The number of fused-ring (bicyclic) bond motifs is 2. The van der Waals surface area contributed by atoms with E-state index in [9.17, 15) is 4.79 Å². The van der Waals surface area contributed by atoms with E-state index in [2.05, 4.69) is 29.1 Å². The molecule has 5 nitrogen and oxygen atoms in total. The van der Waals surface area contributed by atoms with Crippen LogP contribution in [0.3, 0.4) is 0 Å². The molecule has 0 spiro atoms. The van der Waals surface area contributed by atoms with Gasteiger partial charge in [0.25, 0.3) is 5.91 Å². The third-order valence-corrected chi connectivity index (χ3v) is 6.31. The van der Waals surface area contributed by atoms with Crippen molar-refractivity contribution in [2.45, 2.75) is 38.3 Å². The Balaban J connectivity index is 1.36. The largest absolute Gasteiger partial charge is 0.335 e. The molecule has 1 aliphatic heterocycles. The Morgan fingerprint density at radius 1 is 1.14 bits per heavy atom. The molecule has 1 aliphatic carbocycles. The number of nitrogens with zero attached hydrogens (tertiary/aromatic N) is 4. The third kappa shape index (κ3) is 3.40. The van der Waals surface area contributed by atoms with Crippen molar-refractivity contribution in [1.29, 1.82) is 0 Å². The Bertz CT molecular complexity index is 1040. The fourth-order valence-electron chi connectivity index (χ4n) is 4.58. The fourth-order valence-corrected chi connectivity index (χ4v) is 4.58. The van der Waals surface area contributed by atoms with Crippen LogP contribution in [-0.2, 0) is 19.4 Å². The van der Waals surface area contributed by atoms with Crippen LogP contribution in [0.15, 0.2) is 48.8 Å². The van der Waals surface area contributed by atoms with Crippen molar-refractivity contribution in [3.63, 3.8) is 0 Å². The van der Waals surface area contributed by atoms with Crippen molar-refractivity contribution in [2.24, 2.45) is 0 Å². The molecule has 1 amide bonds. The highest BCUT2D eigenvalue weighted by molar-refractivity contribution is 6.08. The summed E-state index contributed by atoms with van der Waals surface area (Å²) < 4.78 is 0. The summed E-state index contributed by atoms with van der Waals surface area (Å²) in [7, 11) is 2.13. The number of carbonyl (C=O) groups is 1. The molecular formula is C24H26N4O.